The van der Waals surface area contributed by atoms with Crippen LogP contribution < -0.4 is 5.32 Å². The highest BCUT2D eigenvalue weighted by Crippen LogP contribution is 2.22. The molecule has 20 heavy (non-hydrogen) atoms. The van der Waals surface area contributed by atoms with E-state index >= 15 is 0 Å². The van der Waals surface area contributed by atoms with Crippen LogP contribution in [0.2, 0.25) is 0 Å². The molecule has 0 bridgehead atoms. The van der Waals surface area contributed by atoms with Crippen LogP contribution in [0, 0.1) is 5.92 Å². The fourth-order valence-electron chi connectivity index (χ4n) is 3.50. The lowest BCUT2D eigenvalue weighted by Crippen LogP contribution is -2.47. The van der Waals surface area contributed by atoms with Gasteiger partial charge in [0.25, 0.3) is 0 Å². The van der Waals surface area contributed by atoms with Crippen molar-refractivity contribution in [3.05, 3.63) is 35.4 Å². The van der Waals surface area contributed by atoms with Gasteiger partial charge in [0.1, 0.15) is 0 Å². The second-order valence-electron chi connectivity index (χ2n) is 6.04. The van der Waals surface area contributed by atoms with E-state index in [0.717, 1.165) is 32.8 Å². The average molecular weight is 274 g/mol. The highest BCUT2D eigenvalue weighted by Gasteiger charge is 2.27. The number of fused-ring (bicyclic) bond motifs is 1. The summed E-state index contributed by atoms with van der Waals surface area (Å²) in [5, 5.41) is 3.67. The summed E-state index contributed by atoms with van der Waals surface area (Å²) >= 11 is 0. The van der Waals surface area contributed by atoms with Gasteiger partial charge in [0.2, 0.25) is 0 Å². The number of rotatable bonds is 5. The molecule has 0 radical (unpaired) electrons. The molecule has 2 aliphatic rings. The number of nitrogens with one attached hydrogen (secondary N) is 1. The van der Waals surface area contributed by atoms with Crippen molar-refractivity contribution in [1.82, 2.24) is 10.2 Å². The first-order valence-electron chi connectivity index (χ1n) is 7.97. The zero-order chi connectivity index (χ0) is 13.8. The number of hydrogen-bond acceptors (Lipinski definition) is 3. The van der Waals surface area contributed by atoms with E-state index in [2.05, 4.69) is 41.4 Å². The molecule has 1 N–H and O–H groups in total. The molecular formula is C17H26N2O. The quantitative estimate of drug-likeness (QED) is 0.889. The van der Waals surface area contributed by atoms with Crippen molar-refractivity contribution in [2.45, 2.75) is 32.4 Å². The number of benzene rings is 1. The van der Waals surface area contributed by atoms with Gasteiger partial charge in [0.05, 0.1) is 6.61 Å². The van der Waals surface area contributed by atoms with Crippen molar-refractivity contribution in [1.29, 1.82) is 0 Å². The van der Waals surface area contributed by atoms with Crippen molar-refractivity contribution in [3.8, 4) is 0 Å². The van der Waals surface area contributed by atoms with Crippen LogP contribution in [0.4, 0.5) is 0 Å². The Morgan fingerprint density at radius 3 is 2.95 bits per heavy atom. The molecular weight excluding hydrogens is 248 g/mol. The molecule has 3 heteroatoms. The van der Waals surface area contributed by atoms with Gasteiger partial charge in [-0.25, -0.2) is 0 Å². The van der Waals surface area contributed by atoms with Gasteiger partial charge in [0, 0.05) is 38.2 Å². The summed E-state index contributed by atoms with van der Waals surface area (Å²) in [7, 11) is 0. The van der Waals surface area contributed by atoms with Crippen molar-refractivity contribution in [3.63, 3.8) is 0 Å². The molecule has 3 rings (SSSR count). The molecule has 2 aliphatic heterocycles. The molecule has 0 aliphatic carbocycles. The average Bonchev–Trinajstić information content (AvgIpc) is 3.01. The Bertz CT molecular complexity index is 429. The molecule has 110 valence electrons. The van der Waals surface area contributed by atoms with E-state index in [9.17, 15) is 0 Å². The zero-order valence-electron chi connectivity index (χ0n) is 12.5. The lowest BCUT2D eigenvalue weighted by Gasteiger charge is -2.34. The van der Waals surface area contributed by atoms with Crippen LogP contribution in [-0.2, 0) is 17.7 Å². The topological polar surface area (TPSA) is 24.5 Å². The minimum Gasteiger partial charge on any atom is -0.381 e. The second-order valence-corrected chi connectivity index (χ2v) is 6.04. The molecule has 1 aromatic rings. The van der Waals surface area contributed by atoms with Crippen molar-refractivity contribution < 1.29 is 4.74 Å². The smallest absolute Gasteiger partial charge is 0.0510 e. The van der Waals surface area contributed by atoms with Crippen molar-refractivity contribution in [2.24, 2.45) is 5.92 Å². The van der Waals surface area contributed by atoms with Crippen LogP contribution in [0.3, 0.4) is 0 Å². The molecule has 0 spiro atoms. The molecule has 0 saturated carbocycles. The Labute approximate surface area is 122 Å². The van der Waals surface area contributed by atoms with Crippen LogP contribution in [0.25, 0.3) is 0 Å². The van der Waals surface area contributed by atoms with Crippen LogP contribution in [0.5, 0.6) is 0 Å². The Balaban J connectivity index is 1.61. The first-order valence-corrected chi connectivity index (χ1v) is 7.97. The molecule has 1 fully saturated rings. The maximum absolute atomic E-state index is 5.57. The van der Waals surface area contributed by atoms with E-state index in [1.165, 1.54) is 30.5 Å². The van der Waals surface area contributed by atoms with Gasteiger partial charge in [-0.2, -0.15) is 0 Å². The maximum atomic E-state index is 5.57. The van der Waals surface area contributed by atoms with Gasteiger partial charge < -0.3 is 10.1 Å². The Hall–Kier alpha value is -0.900. The monoisotopic (exact) mass is 274 g/mol. The Morgan fingerprint density at radius 2 is 2.20 bits per heavy atom. The van der Waals surface area contributed by atoms with E-state index in [1.54, 1.807) is 0 Å². The molecule has 1 saturated heterocycles. The van der Waals surface area contributed by atoms with E-state index in [1.807, 2.05) is 0 Å². The SMILES string of the molecule is CCNC(CN1CCc2ccccc2C1)C1CCOC1. The summed E-state index contributed by atoms with van der Waals surface area (Å²) in [5.41, 5.74) is 3.05. The fraction of sp³-hybridized carbons (Fsp3) is 0.647. The Morgan fingerprint density at radius 1 is 1.35 bits per heavy atom. The molecule has 1 aromatic carbocycles. The summed E-state index contributed by atoms with van der Waals surface area (Å²) < 4.78 is 5.57. The van der Waals surface area contributed by atoms with Gasteiger partial charge >= 0.3 is 0 Å². The fourth-order valence-corrected chi connectivity index (χ4v) is 3.50. The van der Waals surface area contributed by atoms with Crippen LogP contribution in [0.15, 0.2) is 24.3 Å². The zero-order valence-corrected chi connectivity index (χ0v) is 12.5. The van der Waals surface area contributed by atoms with E-state index < -0.39 is 0 Å². The van der Waals surface area contributed by atoms with E-state index in [-0.39, 0.29) is 0 Å². The molecule has 3 nitrogen and oxygen atoms in total. The normalized spacial score (nSPS) is 24.6. The first kappa shape index (κ1) is 14.1. The van der Waals surface area contributed by atoms with E-state index in [0.29, 0.717) is 12.0 Å². The van der Waals surface area contributed by atoms with Gasteiger partial charge in [0.15, 0.2) is 0 Å². The number of nitrogens with zero attached hydrogens (tertiary/aromatic N) is 1. The maximum Gasteiger partial charge on any atom is 0.0510 e. The predicted molar refractivity (Wildman–Crippen MR) is 81.8 cm³/mol. The molecule has 0 amide bonds. The molecule has 2 unspecified atom stereocenters. The number of hydrogen-bond donors (Lipinski definition) is 1. The van der Waals surface area contributed by atoms with Crippen molar-refractivity contribution in [2.75, 3.05) is 32.8 Å². The lowest BCUT2D eigenvalue weighted by molar-refractivity contribution is 0.157. The van der Waals surface area contributed by atoms with Gasteiger partial charge in [-0.1, -0.05) is 31.2 Å². The lowest BCUT2D eigenvalue weighted by atomic mass is 9.95. The standard InChI is InChI=1S/C17H26N2O/c1-2-18-17(16-8-10-20-13-16)12-19-9-7-14-5-3-4-6-15(14)11-19/h3-6,16-18H,2,7-13H2,1H3. The highest BCUT2D eigenvalue weighted by molar-refractivity contribution is 5.29. The highest BCUT2D eigenvalue weighted by atomic mass is 16.5. The largest absolute Gasteiger partial charge is 0.381 e. The third kappa shape index (κ3) is 3.22. The van der Waals surface area contributed by atoms with Crippen LogP contribution in [0.1, 0.15) is 24.5 Å². The van der Waals surface area contributed by atoms with Gasteiger partial charge in [-0.3, -0.25) is 4.90 Å². The Kier molecular flexibility index (Phi) is 4.71. The van der Waals surface area contributed by atoms with Crippen LogP contribution >= 0.6 is 0 Å². The first-order chi connectivity index (χ1) is 9.86. The van der Waals surface area contributed by atoms with Gasteiger partial charge in [-0.05, 0) is 30.5 Å². The second kappa shape index (κ2) is 6.70. The molecule has 0 aromatic heterocycles. The van der Waals surface area contributed by atoms with Gasteiger partial charge in [-0.15, -0.1) is 0 Å². The third-order valence-electron chi connectivity index (χ3n) is 4.66. The van der Waals surface area contributed by atoms with Crippen molar-refractivity contribution >= 4 is 0 Å². The number of likely N-dealkylation sites (N-methyl/N-ethyl adjacent to an activating group) is 1. The molecule has 2 heterocycles. The third-order valence-corrected chi connectivity index (χ3v) is 4.66. The molecule has 2 atom stereocenters. The minimum atomic E-state index is 0.577. The van der Waals surface area contributed by atoms with E-state index in [4.69, 9.17) is 4.74 Å². The summed E-state index contributed by atoms with van der Waals surface area (Å²) in [6.07, 6.45) is 2.40. The summed E-state index contributed by atoms with van der Waals surface area (Å²) in [6, 6.07) is 9.45. The summed E-state index contributed by atoms with van der Waals surface area (Å²) in [4.78, 5) is 2.61. The summed E-state index contributed by atoms with van der Waals surface area (Å²) in [5.74, 6) is 0.687. The predicted octanol–water partition coefficient (Wildman–Crippen LogP) is 2.06. The van der Waals surface area contributed by atoms with Crippen LogP contribution in [-0.4, -0.2) is 43.8 Å². The minimum absolute atomic E-state index is 0.577. The number of ether oxygens (including phenoxy) is 1. The summed E-state index contributed by atoms with van der Waals surface area (Å²) in [6.45, 7) is 8.56.